The SMILES string of the molecule is CCCC1CCN(c2ccc(C(=O)NC)cc2N)CC1. The molecule has 1 aliphatic rings. The number of nitrogen functional groups attached to an aromatic ring is 1. The topological polar surface area (TPSA) is 58.4 Å². The second kappa shape index (κ2) is 6.64. The lowest BCUT2D eigenvalue weighted by molar-refractivity contribution is 0.0963. The van der Waals surface area contributed by atoms with Crippen LogP contribution >= 0.6 is 0 Å². The van der Waals surface area contributed by atoms with Gasteiger partial charge in [-0.05, 0) is 37.0 Å². The van der Waals surface area contributed by atoms with E-state index in [-0.39, 0.29) is 5.91 Å². The Hall–Kier alpha value is -1.71. The largest absolute Gasteiger partial charge is 0.397 e. The van der Waals surface area contributed by atoms with Crippen LogP contribution in [-0.4, -0.2) is 26.0 Å². The zero-order valence-electron chi connectivity index (χ0n) is 12.5. The van der Waals surface area contributed by atoms with Gasteiger partial charge in [0.2, 0.25) is 0 Å². The van der Waals surface area contributed by atoms with Gasteiger partial charge >= 0.3 is 0 Å². The lowest BCUT2D eigenvalue weighted by Crippen LogP contribution is -2.34. The van der Waals surface area contributed by atoms with Crippen molar-refractivity contribution in [1.82, 2.24) is 5.32 Å². The second-order valence-electron chi connectivity index (χ2n) is 5.57. The number of nitrogens with two attached hydrogens (primary N) is 1. The third-order valence-electron chi connectivity index (χ3n) is 4.17. The van der Waals surface area contributed by atoms with Crippen LogP contribution in [0, 0.1) is 5.92 Å². The molecule has 1 fully saturated rings. The van der Waals surface area contributed by atoms with E-state index in [1.54, 1.807) is 13.1 Å². The summed E-state index contributed by atoms with van der Waals surface area (Å²) in [6.45, 7) is 4.38. The van der Waals surface area contributed by atoms with Crippen LogP contribution in [0.5, 0.6) is 0 Å². The van der Waals surface area contributed by atoms with Crippen LogP contribution in [0.15, 0.2) is 18.2 Å². The van der Waals surface area contributed by atoms with Crippen molar-refractivity contribution >= 4 is 17.3 Å². The molecule has 3 N–H and O–H groups in total. The summed E-state index contributed by atoms with van der Waals surface area (Å²) in [7, 11) is 1.63. The molecule has 0 aromatic heterocycles. The van der Waals surface area contributed by atoms with E-state index in [0.29, 0.717) is 11.3 Å². The number of carbonyl (C=O) groups is 1. The number of piperidine rings is 1. The molecule has 1 aromatic carbocycles. The maximum absolute atomic E-state index is 11.6. The highest BCUT2D eigenvalue weighted by Crippen LogP contribution is 2.30. The first-order valence-corrected chi connectivity index (χ1v) is 7.52. The highest BCUT2D eigenvalue weighted by molar-refractivity contribution is 5.96. The minimum absolute atomic E-state index is 0.0927. The van der Waals surface area contributed by atoms with Crippen LogP contribution in [0.1, 0.15) is 43.0 Å². The molecule has 110 valence electrons. The van der Waals surface area contributed by atoms with E-state index in [1.807, 2.05) is 12.1 Å². The van der Waals surface area contributed by atoms with Crippen LogP contribution in [0.3, 0.4) is 0 Å². The molecule has 1 aromatic rings. The summed E-state index contributed by atoms with van der Waals surface area (Å²) < 4.78 is 0. The molecule has 1 amide bonds. The Morgan fingerprint density at radius 1 is 1.40 bits per heavy atom. The molecule has 1 aliphatic heterocycles. The number of benzene rings is 1. The monoisotopic (exact) mass is 275 g/mol. The summed E-state index contributed by atoms with van der Waals surface area (Å²) >= 11 is 0. The summed E-state index contributed by atoms with van der Waals surface area (Å²) in [5.74, 6) is 0.771. The summed E-state index contributed by atoms with van der Waals surface area (Å²) in [4.78, 5) is 13.9. The van der Waals surface area contributed by atoms with Crippen molar-refractivity contribution in [2.75, 3.05) is 30.8 Å². The van der Waals surface area contributed by atoms with Gasteiger partial charge in [0, 0.05) is 25.7 Å². The number of anilines is 2. The van der Waals surface area contributed by atoms with Gasteiger partial charge in [-0.15, -0.1) is 0 Å². The Balaban J connectivity index is 2.05. The van der Waals surface area contributed by atoms with Gasteiger partial charge < -0.3 is 16.0 Å². The van der Waals surface area contributed by atoms with Gasteiger partial charge in [0.15, 0.2) is 0 Å². The van der Waals surface area contributed by atoms with Crippen LogP contribution in [0.25, 0.3) is 0 Å². The highest BCUT2D eigenvalue weighted by atomic mass is 16.1. The quantitative estimate of drug-likeness (QED) is 0.831. The van der Waals surface area contributed by atoms with Gasteiger partial charge in [-0.2, -0.15) is 0 Å². The number of rotatable bonds is 4. The van der Waals surface area contributed by atoms with Crippen LogP contribution < -0.4 is 16.0 Å². The van der Waals surface area contributed by atoms with E-state index in [0.717, 1.165) is 24.7 Å². The van der Waals surface area contributed by atoms with Gasteiger partial charge in [0.1, 0.15) is 0 Å². The molecule has 0 spiro atoms. The minimum atomic E-state index is -0.0927. The predicted molar refractivity (Wildman–Crippen MR) is 84.1 cm³/mol. The van der Waals surface area contributed by atoms with Crippen LogP contribution in [0.2, 0.25) is 0 Å². The van der Waals surface area contributed by atoms with Crippen LogP contribution in [0.4, 0.5) is 11.4 Å². The molecule has 0 radical (unpaired) electrons. The van der Waals surface area contributed by atoms with Crippen LogP contribution in [-0.2, 0) is 0 Å². The van der Waals surface area contributed by atoms with Gasteiger partial charge in [0.25, 0.3) is 5.91 Å². The van der Waals surface area contributed by atoms with E-state index in [1.165, 1.54) is 25.7 Å². The third-order valence-corrected chi connectivity index (χ3v) is 4.17. The fraction of sp³-hybridized carbons (Fsp3) is 0.562. The smallest absolute Gasteiger partial charge is 0.251 e. The second-order valence-corrected chi connectivity index (χ2v) is 5.57. The zero-order valence-corrected chi connectivity index (χ0v) is 12.5. The van der Waals surface area contributed by atoms with E-state index in [4.69, 9.17) is 5.73 Å². The Kier molecular flexibility index (Phi) is 4.88. The summed E-state index contributed by atoms with van der Waals surface area (Å²) in [6.07, 6.45) is 5.08. The predicted octanol–water partition coefficient (Wildman–Crippen LogP) is 2.64. The molecular weight excluding hydrogens is 250 g/mol. The fourth-order valence-corrected chi connectivity index (χ4v) is 3.00. The number of hydrogen-bond donors (Lipinski definition) is 2. The Bertz CT molecular complexity index is 465. The van der Waals surface area contributed by atoms with E-state index < -0.39 is 0 Å². The van der Waals surface area contributed by atoms with Gasteiger partial charge in [-0.3, -0.25) is 4.79 Å². The molecule has 1 saturated heterocycles. The first-order valence-electron chi connectivity index (χ1n) is 7.52. The molecule has 2 rings (SSSR count). The maximum Gasteiger partial charge on any atom is 0.251 e. The molecule has 4 nitrogen and oxygen atoms in total. The Morgan fingerprint density at radius 3 is 2.65 bits per heavy atom. The van der Waals surface area contributed by atoms with Crippen molar-refractivity contribution in [1.29, 1.82) is 0 Å². The lowest BCUT2D eigenvalue weighted by Gasteiger charge is -2.34. The van der Waals surface area contributed by atoms with E-state index >= 15 is 0 Å². The number of nitrogens with one attached hydrogen (secondary N) is 1. The lowest BCUT2D eigenvalue weighted by atomic mass is 9.92. The third kappa shape index (κ3) is 3.24. The molecule has 20 heavy (non-hydrogen) atoms. The molecule has 0 unspecified atom stereocenters. The number of amides is 1. The van der Waals surface area contributed by atoms with Crippen molar-refractivity contribution in [3.8, 4) is 0 Å². The molecule has 4 heteroatoms. The highest BCUT2D eigenvalue weighted by Gasteiger charge is 2.20. The first-order chi connectivity index (χ1) is 9.65. The molecule has 1 heterocycles. The average molecular weight is 275 g/mol. The van der Waals surface area contributed by atoms with Gasteiger partial charge in [-0.25, -0.2) is 0 Å². The first kappa shape index (κ1) is 14.7. The zero-order chi connectivity index (χ0) is 14.5. The average Bonchev–Trinajstić information content (AvgIpc) is 2.47. The normalized spacial score (nSPS) is 16.2. The number of carbonyl (C=O) groups excluding carboxylic acids is 1. The minimum Gasteiger partial charge on any atom is -0.397 e. The number of hydrogen-bond acceptors (Lipinski definition) is 3. The summed E-state index contributed by atoms with van der Waals surface area (Å²) in [5, 5.41) is 2.62. The molecule has 0 atom stereocenters. The Morgan fingerprint density at radius 2 is 2.10 bits per heavy atom. The van der Waals surface area contributed by atoms with Crippen molar-refractivity contribution in [3.63, 3.8) is 0 Å². The van der Waals surface area contributed by atoms with E-state index in [2.05, 4.69) is 17.1 Å². The molecule has 0 bridgehead atoms. The van der Waals surface area contributed by atoms with Crippen molar-refractivity contribution in [3.05, 3.63) is 23.8 Å². The standard InChI is InChI=1S/C16H25N3O/c1-3-4-12-7-9-19(10-8-12)15-6-5-13(11-14(15)17)16(20)18-2/h5-6,11-12H,3-4,7-10,17H2,1-2H3,(H,18,20). The Labute approximate surface area is 121 Å². The maximum atomic E-state index is 11.6. The van der Waals surface area contributed by atoms with Crippen molar-refractivity contribution < 1.29 is 4.79 Å². The summed E-state index contributed by atoms with van der Waals surface area (Å²) in [6, 6.07) is 5.59. The van der Waals surface area contributed by atoms with Crippen molar-refractivity contribution in [2.45, 2.75) is 32.6 Å². The molecule has 0 saturated carbocycles. The molecular formula is C16H25N3O. The molecule has 0 aliphatic carbocycles. The van der Waals surface area contributed by atoms with E-state index in [9.17, 15) is 4.79 Å². The van der Waals surface area contributed by atoms with Gasteiger partial charge in [0.05, 0.1) is 11.4 Å². The van der Waals surface area contributed by atoms with Gasteiger partial charge in [-0.1, -0.05) is 19.8 Å². The fourth-order valence-electron chi connectivity index (χ4n) is 3.00. The number of nitrogens with zero attached hydrogens (tertiary/aromatic N) is 1. The summed E-state index contributed by atoms with van der Waals surface area (Å²) in [5.41, 5.74) is 8.49. The van der Waals surface area contributed by atoms with Crippen molar-refractivity contribution in [2.24, 2.45) is 5.92 Å².